The molecule has 0 amide bonds. The van der Waals surface area contributed by atoms with Gasteiger partial charge in [0.1, 0.15) is 5.60 Å². The molecule has 7 atom stereocenters. The van der Waals surface area contributed by atoms with Gasteiger partial charge in [-0.05, 0) is 81.0 Å². The number of rotatable bonds is 4. The SMILES string of the molecule is CCC1(OC(=O)C2(C(=O)O)CCCC2)CC2CC1C1C3CCC(C3)C21. The standard InChI is InChI=1S/C21H30O4/c1-2-21(25-19(24)20(18(22)23)7-3-4-8-20)11-14-10-15(21)17-13-6-5-12(9-13)16(14)17/h12-17H,2-11H2,1H3,(H,22,23). The van der Waals surface area contributed by atoms with Crippen molar-refractivity contribution in [3.8, 4) is 0 Å². The lowest BCUT2D eigenvalue weighted by molar-refractivity contribution is -0.189. The van der Waals surface area contributed by atoms with Gasteiger partial charge < -0.3 is 9.84 Å². The number of hydrogen-bond acceptors (Lipinski definition) is 3. The average Bonchev–Trinajstić information content (AvgIpc) is 3.37. The fraction of sp³-hybridized carbons (Fsp3) is 0.905. The van der Waals surface area contributed by atoms with Crippen molar-refractivity contribution in [2.75, 3.05) is 0 Å². The summed E-state index contributed by atoms with van der Waals surface area (Å²) in [7, 11) is 0. The first-order valence-electron chi connectivity index (χ1n) is 10.5. The second kappa shape index (κ2) is 5.23. The summed E-state index contributed by atoms with van der Waals surface area (Å²) in [6.45, 7) is 2.14. The third kappa shape index (κ3) is 1.94. The molecule has 1 N–H and O–H groups in total. The van der Waals surface area contributed by atoms with Gasteiger partial charge in [0, 0.05) is 5.92 Å². The predicted molar refractivity (Wildman–Crippen MR) is 91.7 cm³/mol. The second-order valence-electron chi connectivity index (χ2n) is 9.70. The summed E-state index contributed by atoms with van der Waals surface area (Å²) in [6.07, 6.45) is 9.76. The number of ether oxygens (including phenoxy) is 1. The maximum atomic E-state index is 13.1. The van der Waals surface area contributed by atoms with Gasteiger partial charge >= 0.3 is 11.9 Å². The van der Waals surface area contributed by atoms with E-state index >= 15 is 0 Å². The Bertz CT molecular complexity index is 607. The highest BCUT2D eigenvalue weighted by molar-refractivity contribution is 5.99. The van der Waals surface area contributed by atoms with Crippen LogP contribution in [-0.4, -0.2) is 22.6 Å². The van der Waals surface area contributed by atoms with Crippen LogP contribution < -0.4 is 0 Å². The van der Waals surface area contributed by atoms with E-state index < -0.39 is 17.4 Å². The van der Waals surface area contributed by atoms with Crippen LogP contribution in [0.2, 0.25) is 0 Å². The molecule has 0 aliphatic heterocycles. The van der Waals surface area contributed by atoms with Gasteiger partial charge in [-0.1, -0.05) is 19.8 Å². The van der Waals surface area contributed by atoms with Gasteiger partial charge in [0.15, 0.2) is 5.41 Å². The molecule has 0 radical (unpaired) electrons. The van der Waals surface area contributed by atoms with E-state index in [2.05, 4.69) is 6.92 Å². The second-order valence-corrected chi connectivity index (χ2v) is 9.70. The molecular formula is C21H30O4. The first-order valence-corrected chi connectivity index (χ1v) is 10.5. The van der Waals surface area contributed by atoms with E-state index in [4.69, 9.17) is 4.74 Å². The lowest BCUT2D eigenvalue weighted by Crippen LogP contribution is -2.50. The van der Waals surface area contributed by atoms with E-state index in [0.29, 0.717) is 24.7 Å². The van der Waals surface area contributed by atoms with Crippen LogP contribution in [-0.2, 0) is 14.3 Å². The van der Waals surface area contributed by atoms with Crippen molar-refractivity contribution in [1.82, 2.24) is 0 Å². The van der Waals surface area contributed by atoms with E-state index in [-0.39, 0.29) is 5.60 Å². The molecule has 0 spiro atoms. The minimum Gasteiger partial charge on any atom is -0.480 e. The van der Waals surface area contributed by atoms with Crippen molar-refractivity contribution in [2.24, 2.45) is 40.9 Å². The average molecular weight is 346 g/mol. The molecule has 0 heterocycles. The number of carboxylic acids is 1. The van der Waals surface area contributed by atoms with Crippen molar-refractivity contribution in [2.45, 2.75) is 76.7 Å². The third-order valence-electron chi connectivity index (χ3n) is 9.05. The lowest BCUT2D eigenvalue weighted by Gasteiger charge is -2.46. The monoisotopic (exact) mass is 346 g/mol. The van der Waals surface area contributed by atoms with E-state index in [9.17, 15) is 14.7 Å². The van der Waals surface area contributed by atoms with E-state index in [0.717, 1.165) is 49.4 Å². The molecule has 5 saturated carbocycles. The summed E-state index contributed by atoms with van der Waals surface area (Å²) < 4.78 is 6.23. The van der Waals surface area contributed by atoms with Gasteiger partial charge in [0.2, 0.25) is 0 Å². The molecule has 0 saturated heterocycles. The summed E-state index contributed by atoms with van der Waals surface area (Å²) in [5, 5.41) is 9.73. The molecule has 5 aliphatic carbocycles. The van der Waals surface area contributed by atoms with Gasteiger partial charge in [0.25, 0.3) is 0 Å². The Morgan fingerprint density at radius 1 is 1.04 bits per heavy atom. The smallest absolute Gasteiger partial charge is 0.324 e. The highest BCUT2D eigenvalue weighted by atomic mass is 16.6. The molecule has 5 rings (SSSR count). The summed E-state index contributed by atoms with van der Waals surface area (Å²) in [4.78, 5) is 24.9. The molecule has 0 aromatic rings. The van der Waals surface area contributed by atoms with Crippen molar-refractivity contribution < 1.29 is 19.4 Å². The fourth-order valence-electron chi connectivity index (χ4n) is 8.06. The third-order valence-corrected chi connectivity index (χ3v) is 9.05. The Morgan fingerprint density at radius 3 is 2.36 bits per heavy atom. The van der Waals surface area contributed by atoms with Crippen LogP contribution in [0, 0.1) is 40.9 Å². The summed E-state index contributed by atoms with van der Waals surface area (Å²) in [6, 6.07) is 0. The van der Waals surface area contributed by atoms with Crippen molar-refractivity contribution in [3.63, 3.8) is 0 Å². The van der Waals surface area contributed by atoms with Crippen LogP contribution in [0.3, 0.4) is 0 Å². The molecule has 4 heteroatoms. The summed E-state index contributed by atoms with van der Waals surface area (Å²) in [5.74, 6) is 3.19. The predicted octanol–water partition coefficient (Wildman–Crippen LogP) is 4.03. The Kier molecular flexibility index (Phi) is 3.38. The number of carbonyl (C=O) groups is 2. The van der Waals surface area contributed by atoms with E-state index in [1.165, 1.54) is 25.7 Å². The van der Waals surface area contributed by atoms with Gasteiger partial charge in [0.05, 0.1) is 0 Å². The molecule has 5 fully saturated rings. The van der Waals surface area contributed by atoms with E-state index in [1.807, 2.05) is 0 Å². The molecular weight excluding hydrogens is 316 g/mol. The topological polar surface area (TPSA) is 63.6 Å². The van der Waals surface area contributed by atoms with Gasteiger partial charge in [-0.15, -0.1) is 0 Å². The summed E-state index contributed by atoms with van der Waals surface area (Å²) >= 11 is 0. The largest absolute Gasteiger partial charge is 0.480 e. The first kappa shape index (κ1) is 16.1. The number of hydrogen-bond donors (Lipinski definition) is 1. The number of aliphatic carboxylic acids is 1. The zero-order chi connectivity index (χ0) is 17.4. The fourth-order valence-corrected chi connectivity index (χ4v) is 8.06. The Hall–Kier alpha value is -1.06. The zero-order valence-corrected chi connectivity index (χ0v) is 15.2. The van der Waals surface area contributed by atoms with Crippen molar-refractivity contribution in [3.05, 3.63) is 0 Å². The Balaban J connectivity index is 1.41. The molecule has 25 heavy (non-hydrogen) atoms. The maximum Gasteiger partial charge on any atom is 0.324 e. The maximum absolute atomic E-state index is 13.1. The van der Waals surface area contributed by atoms with Crippen molar-refractivity contribution >= 4 is 11.9 Å². The minimum atomic E-state index is -1.27. The number of carboxylic acid groups (broad SMARTS) is 1. The molecule has 7 unspecified atom stereocenters. The normalized spacial score (nSPS) is 48.7. The van der Waals surface area contributed by atoms with Crippen LogP contribution in [0.1, 0.15) is 71.1 Å². The number of carbonyl (C=O) groups excluding carboxylic acids is 1. The molecule has 0 aromatic heterocycles. The van der Waals surface area contributed by atoms with Crippen LogP contribution in [0.15, 0.2) is 0 Å². The number of fused-ring (bicyclic) bond motifs is 9. The van der Waals surface area contributed by atoms with Gasteiger partial charge in [-0.3, -0.25) is 9.59 Å². The van der Waals surface area contributed by atoms with E-state index in [1.54, 1.807) is 0 Å². The molecule has 4 nitrogen and oxygen atoms in total. The molecule has 138 valence electrons. The number of esters is 1. The van der Waals surface area contributed by atoms with Crippen LogP contribution in [0.25, 0.3) is 0 Å². The highest BCUT2D eigenvalue weighted by Crippen LogP contribution is 2.71. The summed E-state index contributed by atoms with van der Waals surface area (Å²) in [5.41, 5.74) is -1.64. The Morgan fingerprint density at radius 2 is 1.72 bits per heavy atom. The first-order chi connectivity index (χ1) is 12.0. The van der Waals surface area contributed by atoms with Gasteiger partial charge in [-0.2, -0.15) is 0 Å². The lowest BCUT2D eigenvalue weighted by atomic mass is 9.65. The molecule has 4 bridgehead atoms. The molecule has 5 aliphatic rings. The highest BCUT2D eigenvalue weighted by Gasteiger charge is 2.68. The molecule has 0 aromatic carbocycles. The van der Waals surface area contributed by atoms with Crippen LogP contribution >= 0.6 is 0 Å². The van der Waals surface area contributed by atoms with Gasteiger partial charge in [-0.25, -0.2) is 0 Å². The Labute approximate surface area is 149 Å². The minimum absolute atomic E-state index is 0.377. The zero-order valence-electron chi connectivity index (χ0n) is 15.2. The van der Waals surface area contributed by atoms with Crippen LogP contribution in [0.5, 0.6) is 0 Å². The quantitative estimate of drug-likeness (QED) is 0.474. The van der Waals surface area contributed by atoms with Crippen LogP contribution in [0.4, 0.5) is 0 Å². The van der Waals surface area contributed by atoms with Crippen molar-refractivity contribution in [1.29, 1.82) is 0 Å².